The van der Waals surface area contributed by atoms with Gasteiger partial charge in [0.2, 0.25) is 0 Å². The van der Waals surface area contributed by atoms with Gasteiger partial charge in [0.05, 0.1) is 10.7 Å². The minimum Gasteiger partial charge on any atom is -0.493 e. The molecule has 0 saturated heterocycles. The molecule has 0 aromatic heterocycles. The summed E-state index contributed by atoms with van der Waals surface area (Å²) in [5, 5.41) is 12.4. The monoisotopic (exact) mass is 552 g/mol. The molecule has 3 aromatic rings. The lowest BCUT2D eigenvalue weighted by Crippen LogP contribution is -2.14. The molecule has 6 heteroatoms. The van der Waals surface area contributed by atoms with Crippen molar-refractivity contribution in [2.75, 3.05) is 12.4 Å². The zero-order valence-corrected chi connectivity index (χ0v) is 21.2. The van der Waals surface area contributed by atoms with Crippen molar-refractivity contribution in [3.8, 4) is 17.6 Å². The summed E-state index contributed by atoms with van der Waals surface area (Å²) < 4.78 is 12.4. The summed E-state index contributed by atoms with van der Waals surface area (Å²) >= 11 is 2.17. The lowest BCUT2D eigenvalue weighted by molar-refractivity contribution is -0.112. The first kappa shape index (κ1) is 24.3. The number of ether oxygens (including phenoxy) is 2. The highest BCUT2D eigenvalue weighted by molar-refractivity contribution is 14.1. The molecule has 0 radical (unpaired) electrons. The number of carbonyl (C=O) groups is 1. The summed E-state index contributed by atoms with van der Waals surface area (Å²) in [5.41, 5.74) is 5.55. The van der Waals surface area contributed by atoms with Crippen LogP contribution in [0.25, 0.3) is 6.08 Å². The van der Waals surface area contributed by atoms with E-state index in [4.69, 9.17) is 9.47 Å². The molecule has 3 rings (SSSR count). The van der Waals surface area contributed by atoms with E-state index < -0.39 is 5.91 Å². The summed E-state index contributed by atoms with van der Waals surface area (Å²) in [7, 11) is 1.57. The normalized spacial score (nSPS) is 11.0. The second-order valence-electron chi connectivity index (χ2n) is 7.75. The Morgan fingerprint density at radius 2 is 1.85 bits per heavy atom. The molecule has 0 heterocycles. The van der Waals surface area contributed by atoms with Crippen LogP contribution in [0.5, 0.6) is 11.5 Å². The number of hydrogen-bond acceptors (Lipinski definition) is 4. The van der Waals surface area contributed by atoms with E-state index in [1.54, 1.807) is 19.3 Å². The SMILES string of the molecule is COc1cc(/C=C(\C#N)C(=O)Nc2cc(C)ccc2C)cc(I)c1OCc1cccc(C)c1. The number of nitrogens with zero attached hydrogens (tertiary/aromatic N) is 1. The fourth-order valence-corrected chi connectivity index (χ4v) is 4.08. The van der Waals surface area contributed by atoms with Crippen LogP contribution in [-0.4, -0.2) is 13.0 Å². The molecule has 0 fully saturated rings. The summed E-state index contributed by atoms with van der Waals surface area (Å²) in [6, 6.07) is 19.5. The average Bonchev–Trinajstić information content (AvgIpc) is 2.78. The van der Waals surface area contributed by atoms with Gasteiger partial charge in [0.25, 0.3) is 5.91 Å². The Balaban J connectivity index is 1.84. The van der Waals surface area contributed by atoms with Gasteiger partial charge in [0.15, 0.2) is 11.5 Å². The van der Waals surface area contributed by atoms with Crippen molar-refractivity contribution < 1.29 is 14.3 Å². The summed E-state index contributed by atoms with van der Waals surface area (Å²) in [6.45, 7) is 6.31. The largest absolute Gasteiger partial charge is 0.493 e. The van der Waals surface area contributed by atoms with Crippen LogP contribution in [0, 0.1) is 35.7 Å². The summed E-state index contributed by atoms with van der Waals surface area (Å²) in [6.07, 6.45) is 1.55. The molecule has 0 atom stereocenters. The molecule has 3 aromatic carbocycles. The van der Waals surface area contributed by atoms with Crippen LogP contribution in [0.4, 0.5) is 5.69 Å². The van der Waals surface area contributed by atoms with Crippen LogP contribution in [0.2, 0.25) is 0 Å². The number of nitriles is 1. The molecule has 0 saturated carbocycles. The molecule has 0 bridgehead atoms. The molecule has 0 aliphatic rings. The molecule has 0 unspecified atom stereocenters. The second-order valence-corrected chi connectivity index (χ2v) is 8.92. The van der Waals surface area contributed by atoms with Gasteiger partial charge in [-0.15, -0.1) is 0 Å². The van der Waals surface area contributed by atoms with E-state index in [1.807, 2.05) is 69.3 Å². The Kier molecular flexibility index (Phi) is 8.12. The number of nitrogens with one attached hydrogen (secondary N) is 1. The van der Waals surface area contributed by atoms with Crippen molar-refractivity contribution in [2.45, 2.75) is 27.4 Å². The Morgan fingerprint density at radius 1 is 1.09 bits per heavy atom. The summed E-state index contributed by atoms with van der Waals surface area (Å²) in [4.78, 5) is 12.7. The first-order chi connectivity index (χ1) is 15.8. The van der Waals surface area contributed by atoms with Gasteiger partial charge in [-0.2, -0.15) is 5.26 Å². The first-order valence-electron chi connectivity index (χ1n) is 10.4. The zero-order chi connectivity index (χ0) is 24.0. The number of benzene rings is 3. The smallest absolute Gasteiger partial charge is 0.266 e. The molecule has 0 spiro atoms. The van der Waals surface area contributed by atoms with E-state index >= 15 is 0 Å². The maximum absolute atomic E-state index is 12.7. The summed E-state index contributed by atoms with van der Waals surface area (Å²) in [5.74, 6) is 0.697. The van der Waals surface area contributed by atoms with E-state index in [0.29, 0.717) is 29.4 Å². The maximum atomic E-state index is 12.7. The van der Waals surface area contributed by atoms with Gasteiger partial charge in [-0.3, -0.25) is 4.79 Å². The number of methoxy groups -OCH3 is 1. The minimum atomic E-state index is -0.458. The number of aryl methyl sites for hydroxylation is 3. The molecular weight excluding hydrogens is 527 g/mol. The van der Waals surface area contributed by atoms with Crippen molar-refractivity contribution in [1.82, 2.24) is 0 Å². The fraction of sp³-hybridized carbons (Fsp3) is 0.185. The standard InChI is InChI=1S/C27H25IN2O3/c1-17-6-5-7-20(10-17)16-33-26-23(28)13-21(14-25(26)32-4)12-22(15-29)27(31)30-24-11-18(2)8-9-19(24)3/h5-14H,16H2,1-4H3,(H,30,31)/b22-12+. The quantitative estimate of drug-likeness (QED) is 0.211. The third-order valence-corrected chi connectivity index (χ3v) is 5.84. The van der Waals surface area contributed by atoms with E-state index in [-0.39, 0.29) is 5.57 Å². The van der Waals surface area contributed by atoms with Gasteiger partial charge in [-0.1, -0.05) is 42.0 Å². The molecule has 1 N–H and O–H groups in total. The predicted octanol–water partition coefficient (Wildman–Crippen LogP) is 6.35. The Bertz CT molecular complexity index is 1260. The lowest BCUT2D eigenvalue weighted by atomic mass is 10.1. The highest BCUT2D eigenvalue weighted by Gasteiger charge is 2.15. The van der Waals surface area contributed by atoms with Crippen molar-refractivity contribution in [3.63, 3.8) is 0 Å². The number of amides is 1. The third-order valence-electron chi connectivity index (χ3n) is 5.03. The van der Waals surface area contributed by atoms with Crippen LogP contribution in [0.1, 0.15) is 27.8 Å². The molecule has 1 amide bonds. The Morgan fingerprint density at radius 3 is 2.55 bits per heavy atom. The van der Waals surface area contributed by atoms with Crippen LogP contribution in [0.3, 0.4) is 0 Å². The first-order valence-corrected chi connectivity index (χ1v) is 11.4. The van der Waals surface area contributed by atoms with E-state index in [9.17, 15) is 10.1 Å². The van der Waals surface area contributed by atoms with Crippen LogP contribution in [-0.2, 0) is 11.4 Å². The van der Waals surface area contributed by atoms with Crippen LogP contribution < -0.4 is 14.8 Å². The Hall–Kier alpha value is -3.31. The number of rotatable bonds is 7. The van der Waals surface area contributed by atoms with E-state index in [2.05, 4.69) is 34.0 Å². The molecule has 168 valence electrons. The predicted molar refractivity (Wildman–Crippen MR) is 139 cm³/mol. The topological polar surface area (TPSA) is 71.3 Å². The molecule has 0 aliphatic carbocycles. The van der Waals surface area contributed by atoms with Gasteiger partial charge < -0.3 is 14.8 Å². The second kappa shape index (κ2) is 11.0. The number of halogens is 1. The molecule has 33 heavy (non-hydrogen) atoms. The van der Waals surface area contributed by atoms with E-state index in [0.717, 1.165) is 20.3 Å². The molecule has 0 aliphatic heterocycles. The van der Waals surface area contributed by atoms with Crippen LogP contribution >= 0.6 is 22.6 Å². The van der Waals surface area contributed by atoms with Gasteiger partial charge in [0, 0.05) is 5.69 Å². The highest BCUT2D eigenvalue weighted by atomic mass is 127. The van der Waals surface area contributed by atoms with E-state index in [1.165, 1.54) is 5.56 Å². The van der Waals surface area contributed by atoms with Gasteiger partial charge in [-0.25, -0.2) is 0 Å². The maximum Gasteiger partial charge on any atom is 0.266 e. The Labute approximate surface area is 208 Å². The molecule has 5 nitrogen and oxygen atoms in total. The minimum absolute atomic E-state index is 0.00203. The molecular formula is C27H25IN2O3. The highest BCUT2D eigenvalue weighted by Crippen LogP contribution is 2.35. The van der Waals surface area contributed by atoms with Crippen molar-refractivity contribution in [2.24, 2.45) is 0 Å². The third kappa shape index (κ3) is 6.36. The van der Waals surface area contributed by atoms with Crippen molar-refractivity contribution in [1.29, 1.82) is 5.26 Å². The number of anilines is 1. The number of carbonyl (C=O) groups excluding carboxylic acids is 1. The van der Waals surface area contributed by atoms with Gasteiger partial charge >= 0.3 is 0 Å². The number of hydrogen-bond donors (Lipinski definition) is 1. The van der Waals surface area contributed by atoms with Gasteiger partial charge in [0.1, 0.15) is 18.2 Å². The van der Waals surface area contributed by atoms with Crippen molar-refractivity contribution in [3.05, 3.63) is 91.6 Å². The van der Waals surface area contributed by atoms with Crippen LogP contribution in [0.15, 0.2) is 60.2 Å². The van der Waals surface area contributed by atoms with Crippen molar-refractivity contribution >= 4 is 40.3 Å². The average molecular weight is 552 g/mol. The fourth-order valence-electron chi connectivity index (χ4n) is 3.30. The zero-order valence-electron chi connectivity index (χ0n) is 19.0. The van der Waals surface area contributed by atoms with Gasteiger partial charge in [-0.05, 0) is 89.9 Å². The lowest BCUT2D eigenvalue weighted by Gasteiger charge is -2.14.